The number of hydrogen-bond acceptors (Lipinski definition) is 3. The molecule has 2 aromatic heterocycles. The van der Waals surface area contributed by atoms with Gasteiger partial charge in [0.15, 0.2) is 0 Å². The lowest BCUT2D eigenvalue weighted by Gasteiger charge is -2.08. The molecule has 0 aliphatic carbocycles. The molecule has 1 unspecified atom stereocenters. The lowest BCUT2D eigenvalue weighted by molar-refractivity contribution is 0.214. The van der Waals surface area contributed by atoms with Crippen molar-refractivity contribution in [3.05, 3.63) is 32.1 Å². The molecule has 7 heteroatoms. The Labute approximate surface area is 115 Å². The first-order chi connectivity index (χ1) is 7.65. The van der Waals surface area contributed by atoms with Crippen LogP contribution in [0.3, 0.4) is 0 Å². The van der Waals surface area contributed by atoms with Crippen LogP contribution in [0.15, 0.2) is 17.1 Å². The van der Waals surface area contributed by atoms with Crippen molar-refractivity contribution in [2.45, 2.75) is 19.6 Å². The molecule has 0 amide bonds. The summed E-state index contributed by atoms with van der Waals surface area (Å²) in [6.07, 6.45) is 2.50. The molecule has 86 valence electrons. The topological polar surface area (TPSA) is 66.7 Å². The van der Waals surface area contributed by atoms with Crippen molar-refractivity contribution >= 4 is 38.5 Å². The molecule has 5 nitrogen and oxygen atoms in total. The monoisotopic (exact) mass is 396 g/mol. The van der Waals surface area contributed by atoms with Crippen molar-refractivity contribution in [2.24, 2.45) is 0 Å². The lowest BCUT2D eigenvalue weighted by atomic mass is 10.1. The number of aromatic amines is 1. The molecule has 0 bridgehead atoms. The summed E-state index contributed by atoms with van der Waals surface area (Å²) >= 11 is 5.51. The van der Waals surface area contributed by atoms with E-state index in [-0.39, 0.29) is 0 Å². The fourth-order valence-electron chi connectivity index (χ4n) is 1.42. The predicted molar refractivity (Wildman–Crippen MR) is 71.0 cm³/mol. The first kappa shape index (κ1) is 12.1. The van der Waals surface area contributed by atoms with E-state index in [1.165, 1.54) is 0 Å². The Morgan fingerprint density at radius 1 is 1.69 bits per heavy atom. The number of rotatable bonds is 3. The Kier molecular flexibility index (Phi) is 3.65. The van der Waals surface area contributed by atoms with Crippen LogP contribution in [0.5, 0.6) is 0 Å². The van der Waals surface area contributed by atoms with Gasteiger partial charge < -0.3 is 10.1 Å². The van der Waals surface area contributed by atoms with Gasteiger partial charge in [0, 0.05) is 12.1 Å². The van der Waals surface area contributed by atoms with E-state index in [1.807, 2.05) is 6.92 Å². The molecule has 0 aliphatic rings. The molecule has 2 rings (SSSR count). The molecule has 0 spiro atoms. The third-order valence-corrected chi connectivity index (χ3v) is 4.02. The molecule has 2 N–H and O–H groups in total. The average molecular weight is 397 g/mol. The number of aliphatic hydroxyl groups excluding tert-OH is 1. The SMILES string of the molecule is CCn1ncc(C(O)c2[nH]cnc2I)c1Br. The van der Waals surface area contributed by atoms with Gasteiger partial charge in [0.05, 0.1) is 18.2 Å². The van der Waals surface area contributed by atoms with Crippen molar-refractivity contribution in [1.82, 2.24) is 19.7 Å². The van der Waals surface area contributed by atoms with Gasteiger partial charge in [-0.2, -0.15) is 5.10 Å². The number of H-pyrrole nitrogens is 1. The molecule has 0 saturated heterocycles. The van der Waals surface area contributed by atoms with Crippen LogP contribution in [0.4, 0.5) is 0 Å². The van der Waals surface area contributed by atoms with Crippen molar-refractivity contribution < 1.29 is 5.11 Å². The zero-order chi connectivity index (χ0) is 11.7. The number of aryl methyl sites for hydroxylation is 1. The number of nitrogens with one attached hydrogen (secondary N) is 1. The summed E-state index contributed by atoms with van der Waals surface area (Å²) in [4.78, 5) is 6.98. The summed E-state index contributed by atoms with van der Waals surface area (Å²) in [7, 11) is 0. The van der Waals surface area contributed by atoms with E-state index < -0.39 is 6.10 Å². The molecular weight excluding hydrogens is 387 g/mol. The minimum atomic E-state index is -0.732. The molecule has 0 aliphatic heterocycles. The fourth-order valence-corrected chi connectivity index (χ4v) is 2.68. The molecule has 0 saturated carbocycles. The second kappa shape index (κ2) is 4.84. The lowest BCUT2D eigenvalue weighted by Crippen LogP contribution is -2.03. The van der Waals surface area contributed by atoms with Crippen LogP contribution in [-0.2, 0) is 6.54 Å². The van der Waals surface area contributed by atoms with Crippen LogP contribution in [0.25, 0.3) is 0 Å². The molecule has 16 heavy (non-hydrogen) atoms. The molecule has 2 heterocycles. The van der Waals surface area contributed by atoms with E-state index in [4.69, 9.17) is 0 Å². The number of aliphatic hydroxyl groups is 1. The zero-order valence-electron chi connectivity index (χ0n) is 8.48. The largest absolute Gasteiger partial charge is 0.382 e. The van der Waals surface area contributed by atoms with Crippen molar-refractivity contribution in [3.63, 3.8) is 0 Å². The van der Waals surface area contributed by atoms with Gasteiger partial charge in [0.25, 0.3) is 0 Å². The molecule has 1 atom stereocenters. The Morgan fingerprint density at radius 3 is 2.94 bits per heavy atom. The normalized spacial score (nSPS) is 13.0. The van der Waals surface area contributed by atoms with E-state index in [2.05, 4.69) is 53.6 Å². The zero-order valence-corrected chi connectivity index (χ0v) is 12.2. The fraction of sp³-hybridized carbons (Fsp3) is 0.333. The van der Waals surface area contributed by atoms with Gasteiger partial charge in [0.2, 0.25) is 0 Å². The minimum absolute atomic E-state index is 0.692. The molecule has 0 fully saturated rings. The number of hydrogen-bond donors (Lipinski definition) is 2. The summed E-state index contributed by atoms with van der Waals surface area (Å²) < 4.78 is 3.34. The Balaban J connectivity index is 2.38. The Hall–Kier alpha value is -0.410. The van der Waals surface area contributed by atoms with Crippen molar-refractivity contribution in [3.8, 4) is 0 Å². The van der Waals surface area contributed by atoms with Crippen LogP contribution in [-0.4, -0.2) is 24.9 Å². The maximum Gasteiger partial charge on any atom is 0.126 e. The number of halogens is 2. The van der Waals surface area contributed by atoms with Gasteiger partial charge in [-0.25, -0.2) is 4.98 Å². The first-order valence-corrected chi connectivity index (χ1v) is 6.60. The van der Waals surface area contributed by atoms with Gasteiger partial charge in [-0.3, -0.25) is 4.68 Å². The quantitative estimate of drug-likeness (QED) is 0.780. The minimum Gasteiger partial charge on any atom is -0.382 e. The molecule has 0 aromatic carbocycles. The van der Waals surface area contributed by atoms with E-state index >= 15 is 0 Å². The smallest absolute Gasteiger partial charge is 0.126 e. The van der Waals surface area contributed by atoms with E-state index in [0.29, 0.717) is 5.69 Å². The highest BCUT2D eigenvalue weighted by Crippen LogP contribution is 2.29. The second-order valence-electron chi connectivity index (χ2n) is 3.22. The maximum absolute atomic E-state index is 10.2. The summed E-state index contributed by atoms with van der Waals surface area (Å²) in [6, 6.07) is 0. The van der Waals surface area contributed by atoms with Gasteiger partial charge in [-0.15, -0.1) is 0 Å². The van der Waals surface area contributed by atoms with E-state index in [1.54, 1.807) is 17.2 Å². The van der Waals surface area contributed by atoms with Crippen LogP contribution in [0.2, 0.25) is 0 Å². The second-order valence-corrected chi connectivity index (χ2v) is 4.99. The Morgan fingerprint density at radius 2 is 2.44 bits per heavy atom. The van der Waals surface area contributed by atoms with E-state index in [0.717, 1.165) is 20.4 Å². The summed E-state index contributed by atoms with van der Waals surface area (Å²) in [5.74, 6) is 0. The van der Waals surface area contributed by atoms with E-state index in [9.17, 15) is 5.11 Å². The van der Waals surface area contributed by atoms with Crippen molar-refractivity contribution in [1.29, 1.82) is 0 Å². The third kappa shape index (κ3) is 2.03. The van der Waals surface area contributed by atoms with Gasteiger partial charge in [0.1, 0.15) is 14.4 Å². The third-order valence-electron chi connectivity index (χ3n) is 2.29. The number of aromatic nitrogens is 4. The highest BCUT2D eigenvalue weighted by Gasteiger charge is 2.21. The predicted octanol–water partition coefficient (Wildman–Crippen LogP) is 2.07. The summed E-state index contributed by atoms with van der Waals surface area (Å²) in [5, 5.41) is 14.4. The molecular formula is C9H10BrIN4O. The van der Waals surface area contributed by atoms with Crippen molar-refractivity contribution in [2.75, 3.05) is 0 Å². The highest BCUT2D eigenvalue weighted by molar-refractivity contribution is 14.1. The molecule has 2 aromatic rings. The summed E-state index contributed by atoms with van der Waals surface area (Å²) in [5.41, 5.74) is 1.43. The van der Waals surface area contributed by atoms with Crippen LogP contribution in [0.1, 0.15) is 24.3 Å². The summed E-state index contributed by atoms with van der Waals surface area (Å²) in [6.45, 7) is 2.75. The molecule has 0 radical (unpaired) electrons. The van der Waals surface area contributed by atoms with Crippen LogP contribution in [0, 0.1) is 3.70 Å². The van der Waals surface area contributed by atoms with Gasteiger partial charge >= 0.3 is 0 Å². The van der Waals surface area contributed by atoms with Crippen LogP contribution >= 0.6 is 38.5 Å². The van der Waals surface area contributed by atoms with Crippen LogP contribution < -0.4 is 0 Å². The first-order valence-electron chi connectivity index (χ1n) is 4.73. The van der Waals surface area contributed by atoms with Gasteiger partial charge in [-0.05, 0) is 45.4 Å². The Bertz CT molecular complexity index is 495. The standard InChI is InChI=1S/C9H10BrIN4O/c1-2-15-8(10)5(3-14-15)7(16)6-9(11)13-4-12-6/h3-4,7,16H,2H2,1H3,(H,12,13). The average Bonchev–Trinajstić information content (AvgIpc) is 2.84. The van der Waals surface area contributed by atoms with Gasteiger partial charge in [-0.1, -0.05) is 0 Å². The highest BCUT2D eigenvalue weighted by atomic mass is 127. The maximum atomic E-state index is 10.2. The number of nitrogens with zero attached hydrogens (tertiary/aromatic N) is 3. The number of imidazole rings is 1.